The number of piperidine rings is 1. The molecule has 3 aliphatic heterocycles. The molecule has 3 amide bonds. The van der Waals surface area contributed by atoms with Crippen LogP contribution in [-0.2, 0) is 16.1 Å². The molecule has 124 valence electrons. The van der Waals surface area contributed by atoms with Crippen molar-refractivity contribution in [3.05, 3.63) is 41.0 Å². The number of hydrogen-bond donors (Lipinski definition) is 2. The van der Waals surface area contributed by atoms with Crippen LogP contribution in [-0.4, -0.2) is 41.8 Å². The summed E-state index contributed by atoms with van der Waals surface area (Å²) in [5, 5.41) is 5.69. The van der Waals surface area contributed by atoms with Crippen LogP contribution < -0.4 is 10.6 Å². The van der Waals surface area contributed by atoms with Gasteiger partial charge in [-0.05, 0) is 42.2 Å². The summed E-state index contributed by atoms with van der Waals surface area (Å²) in [6.45, 7) is 2.19. The Morgan fingerprint density at radius 3 is 2.71 bits per heavy atom. The van der Waals surface area contributed by atoms with Crippen LogP contribution in [0.3, 0.4) is 0 Å². The number of nitrogens with zero attached hydrogens (tertiary/aromatic N) is 1. The molecular weight excluding hydrogens is 306 g/mol. The average molecular weight is 325 g/mol. The van der Waals surface area contributed by atoms with Crippen LogP contribution in [0.15, 0.2) is 24.3 Å². The maximum Gasteiger partial charge on any atom is 0.255 e. The summed E-state index contributed by atoms with van der Waals surface area (Å²) in [6.07, 6.45) is 3.86. The fraction of sp³-hybridized carbons (Fsp3) is 0.389. The molecule has 3 aliphatic rings. The van der Waals surface area contributed by atoms with Crippen molar-refractivity contribution in [3.63, 3.8) is 0 Å². The van der Waals surface area contributed by atoms with E-state index in [4.69, 9.17) is 0 Å². The first kappa shape index (κ1) is 15.1. The van der Waals surface area contributed by atoms with E-state index in [1.165, 1.54) is 5.57 Å². The number of carbonyl (C=O) groups is 3. The van der Waals surface area contributed by atoms with E-state index in [-0.39, 0.29) is 24.1 Å². The molecule has 0 aliphatic carbocycles. The predicted molar refractivity (Wildman–Crippen MR) is 88.0 cm³/mol. The van der Waals surface area contributed by atoms with Gasteiger partial charge < -0.3 is 10.2 Å². The highest BCUT2D eigenvalue weighted by molar-refractivity contribution is 6.06. The summed E-state index contributed by atoms with van der Waals surface area (Å²) in [7, 11) is 0. The van der Waals surface area contributed by atoms with Gasteiger partial charge in [-0.2, -0.15) is 0 Å². The Bertz CT molecular complexity index is 769. The van der Waals surface area contributed by atoms with Gasteiger partial charge in [0, 0.05) is 25.1 Å². The van der Waals surface area contributed by atoms with Gasteiger partial charge in [0.15, 0.2) is 0 Å². The molecule has 24 heavy (non-hydrogen) atoms. The third-order valence-corrected chi connectivity index (χ3v) is 4.96. The highest BCUT2D eigenvalue weighted by Gasteiger charge is 2.39. The van der Waals surface area contributed by atoms with Crippen molar-refractivity contribution >= 4 is 23.3 Å². The van der Waals surface area contributed by atoms with Crippen LogP contribution in [0.2, 0.25) is 0 Å². The minimum Gasteiger partial charge on any atom is -0.322 e. The monoisotopic (exact) mass is 325 g/mol. The number of amides is 3. The van der Waals surface area contributed by atoms with E-state index >= 15 is 0 Å². The van der Waals surface area contributed by atoms with Crippen molar-refractivity contribution in [2.75, 3.05) is 13.1 Å². The molecule has 6 nitrogen and oxygen atoms in total. The van der Waals surface area contributed by atoms with E-state index in [0.717, 1.165) is 30.6 Å². The maximum atomic E-state index is 12.8. The van der Waals surface area contributed by atoms with E-state index in [1.54, 1.807) is 4.90 Å². The Balaban J connectivity index is 1.66. The summed E-state index contributed by atoms with van der Waals surface area (Å²) in [6, 6.07) is 5.20. The van der Waals surface area contributed by atoms with Crippen molar-refractivity contribution in [2.24, 2.45) is 0 Å². The Morgan fingerprint density at radius 2 is 1.96 bits per heavy atom. The number of fused-ring (bicyclic) bond motifs is 1. The number of carbonyl (C=O) groups excluding carboxylic acids is 3. The van der Waals surface area contributed by atoms with Crippen molar-refractivity contribution in [1.82, 2.24) is 15.5 Å². The first-order valence-corrected chi connectivity index (χ1v) is 8.32. The van der Waals surface area contributed by atoms with Crippen molar-refractivity contribution in [3.8, 4) is 0 Å². The predicted octanol–water partition coefficient (Wildman–Crippen LogP) is 0.824. The highest BCUT2D eigenvalue weighted by Crippen LogP contribution is 2.33. The average Bonchev–Trinajstić information content (AvgIpc) is 2.93. The highest BCUT2D eigenvalue weighted by atomic mass is 16.2. The summed E-state index contributed by atoms with van der Waals surface area (Å²) in [4.78, 5) is 37.9. The summed E-state index contributed by atoms with van der Waals surface area (Å²) >= 11 is 0. The van der Waals surface area contributed by atoms with E-state index in [9.17, 15) is 14.4 Å². The second-order valence-electron chi connectivity index (χ2n) is 6.43. The van der Waals surface area contributed by atoms with Gasteiger partial charge in [-0.15, -0.1) is 0 Å². The van der Waals surface area contributed by atoms with Crippen LogP contribution in [0.5, 0.6) is 0 Å². The van der Waals surface area contributed by atoms with E-state index < -0.39 is 6.04 Å². The molecule has 1 fully saturated rings. The summed E-state index contributed by atoms with van der Waals surface area (Å²) in [5.74, 6) is -0.752. The Hall–Kier alpha value is -2.47. The number of hydrogen-bond acceptors (Lipinski definition) is 4. The lowest BCUT2D eigenvalue weighted by Crippen LogP contribution is -2.52. The Kier molecular flexibility index (Phi) is 3.69. The molecule has 0 radical (unpaired) electrons. The third-order valence-electron chi connectivity index (χ3n) is 4.96. The Labute approximate surface area is 139 Å². The molecule has 1 aromatic rings. The Morgan fingerprint density at radius 1 is 1.12 bits per heavy atom. The smallest absolute Gasteiger partial charge is 0.255 e. The zero-order valence-corrected chi connectivity index (χ0v) is 13.3. The van der Waals surface area contributed by atoms with Gasteiger partial charge in [0.1, 0.15) is 6.04 Å². The minimum absolute atomic E-state index is 0.120. The van der Waals surface area contributed by atoms with Crippen LogP contribution in [0.1, 0.15) is 40.7 Å². The van der Waals surface area contributed by atoms with Gasteiger partial charge in [0.2, 0.25) is 11.8 Å². The lowest BCUT2D eigenvalue weighted by molar-refractivity contribution is -0.136. The second-order valence-corrected chi connectivity index (χ2v) is 6.43. The van der Waals surface area contributed by atoms with Crippen LogP contribution in [0.25, 0.3) is 5.57 Å². The van der Waals surface area contributed by atoms with Gasteiger partial charge in [0.25, 0.3) is 5.91 Å². The zero-order valence-electron chi connectivity index (χ0n) is 13.3. The fourth-order valence-corrected chi connectivity index (χ4v) is 3.74. The van der Waals surface area contributed by atoms with E-state index in [2.05, 4.69) is 16.7 Å². The first-order chi connectivity index (χ1) is 11.6. The zero-order chi connectivity index (χ0) is 16.7. The van der Waals surface area contributed by atoms with Gasteiger partial charge in [-0.1, -0.05) is 18.2 Å². The molecule has 6 heteroatoms. The lowest BCUT2D eigenvalue weighted by Gasteiger charge is -2.29. The molecule has 1 saturated heterocycles. The first-order valence-electron chi connectivity index (χ1n) is 8.32. The van der Waals surface area contributed by atoms with Gasteiger partial charge in [0.05, 0.1) is 0 Å². The molecule has 0 aromatic heterocycles. The fourth-order valence-electron chi connectivity index (χ4n) is 3.74. The maximum absolute atomic E-state index is 12.8. The SMILES string of the molecule is O=C1CCC(N2Cc3c(cccc3C3=CCCNC3)C2=O)C(=O)N1. The van der Waals surface area contributed by atoms with Gasteiger partial charge >= 0.3 is 0 Å². The molecule has 2 N–H and O–H groups in total. The quantitative estimate of drug-likeness (QED) is 0.789. The summed E-state index contributed by atoms with van der Waals surface area (Å²) in [5.41, 5.74) is 3.95. The standard InChI is InChI=1S/C18H19N3O3/c22-16-7-6-15(17(23)20-16)21-10-14-12(11-3-2-8-19-9-11)4-1-5-13(14)18(21)24/h1,3-5,15,19H,2,6-10H2,(H,20,22,23). The normalized spacial score (nSPS) is 23.8. The van der Waals surface area contributed by atoms with Crippen molar-refractivity contribution < 1.29 is 14.4 Å². The van der Waals surface area contributed by atoms with E-state index in [0.29, 0.717) is 18.5 Å². The number of benzene rings is 1. The number of nitrogens with one attached hydrogen (secondary N) is 2. The van der Waals surface area contributed by atoms with Gasteiger partial charge in [-0.3, -0.25) is 19.7 Å². The van der Waals surface area contributed by atoms with Crippen LogP contribution in [0, 0.1) is 0 Å². The van der Waals surface area contributed by atoms with E-state index in [1.807, 2.05) is 18.2 Å². The second kappa shape index (κ2) is 5.87. The van der Waals surface area contributed by atoms with Gasteiger partial charge in [-0.25, -0.2) is 0 Å². The molecule has 1 atom stereocenters. The molecule has 1 unspecified atom stereocenters. The summed E-state index contributed by atoms with van der Waals surface area (Å²) < 4.78 is 0. The number of rotatable bonds is 2. The van der Waals surface area contributed by atoms with Crippen LogP contribution in [0.4, 0.5) is 0 Å². The lowest BCUT2D eigenvalue weighted by atomic mass is 9.95. The minimum atomic E-state index is -0.561. The third kappa shape index (κ3) is 2.43. The van der Waals surface area contributed by atoms with Crippen LogP contribution >= 0.6 is 0 Å². The molecule has 4 rings (SSSR count). The van der Waals surface area contributed by atoms with Crippen molar-refractivity contribution in [2.45, 2.75) is 31.8 Å². The molecule has 0 bridgehead atoms. The molecule has 0 spiro atoms. The molecular formula is C18H19N3O3. The molecule has 0 saturated carbocycles. The molecule has 3 heterocycles. The topological polar surface area (TPSA) is 78.5 Å². The number of imide groups is 1. The van der Waals surface area contributed by atoms with Crippen molar-refractivity contribution in [1.29, 1.82) is 0 Å². The largest absolute Gasteiger partial charge is 0.322 e. The molecule has 1 aromatic carbocycles.